The Hall–Kier alpha value is -1.69. The SMILES string of the molecule is Clc1nc(OC2CCCCCC2)nc(-n2cccn2)n1. The Balaban J connectivity index is 1.79. The maximum absolute atomic E-state index is 5.93. The molecule has 0 aromatic carbocycles. The van der Waals surface area contributed by atoms with Crippen LogP contribution in [0.15, 0.2) is 18.5 Å². The Bertz CT molecular complexity index is 552. The smallest absolute Gasteiger partial charge is 0.322 e. The molecule has 0 unspecified atom stereocenters. The van der Waals surface area contributed by atoms with E-state index in [-0.39, 0.29) is 17.4 Å². The van der Waals surface area contributed by atoms with Gasteiger partial charge in [-0.05, 0) is 43.4 Å². The zero-order valence-corrected chi connectivity index (χ0v) is 11.8. The summed E-state index contributed by atoms with van der Waals surface area (Å²) >= 11 is 5.93. The van der Waals surface area contributed by atoms with Gasteiger partial charge in [-0.15, -0.1) is 0 Å². The second-order valence-corrected chi connectivity index (χ2v) is 5.21. The molecule has 1 aliphatic carbocycles. The van der Waals surface area contributed by atoms with Crippen molar-refractivity contribution in [2.45, 2.75) is 44.6 Å². The fourth-order valence-electron chi connectivity index (χ4n) is 2.37. The van der Waals surface area contributed by atoms with E-state index < -0.39 is 0 Å². The molecule has 0 N–H and O–H groups in total. The highest BCUT2D eigenvalue weighted by Crippen LogP contribution is 2.21. The molecule has 1 saturated carbocycles. The van der Waals surface area contributed by atoms with E-state index in [9.17, 15) is 0 Å². The van der Waals surface area contributed by atoms with Crippen LogP contribution < -0.4 is 4.74 Å². The van der Waals surface area contributed by atoms with Crippen LogP contribution in [0, 0.1) is 0 Å². The van der Waals surface area contributed by atoms with Crippen LogP contribution in [-0.4, -0.2) is 30.8 Å². The van der Waals surface area contributed by atoms with Gasteiger partial charge >= 0.3 is 6.01 Å². The largest absolute Gasteiger partial charge is 0.460 e. The van der Waals surface area contributed by atoms with Crippen molar-refractivity contribution >= 4 is 11.6 Å². The fraction of sp³-hybridized carbons (Fsp3) is 0.538. The molecule has 0 atom stereocenters. The average Bonchev–Trinajstić information content (AvgIpc) is 2.85. The first-order chi connectivity index (χ1) is 9.81. The molecule has 0 radical (unpaired) electrons. The summed E-state index contributed by atoms with van der Waals surface area (Å²) in [7, 11) is 0. The monoisotopic (exact) mass is 293 g/mol. The van der Waals surface area contributed by atoms with Crippen molar-refractivity contribution in [1.82, 2.24) is 24.7 Å². The first-order valence-corrected chi connectivity index (χ1v) is 7.27. The van der Waals surface area contributed by atoms with Crippen LogP contribution in [-0.2, 0) is 0 Å². The highest BCUT2D eigenvalue weighted by atomic mass is 35.5. The maximum Gasteiger partial charge on any atom is 0.322 e. The summed E-state index contributed by atoms with van der Waals surface area (Å²) in [5.74, 6) is 0.374. The van der Waals surface area contributed by atoms with Crippen LogP contribution in [0.2, 0.25) is 5.28 Å². The molecule has 6 nitrogen and oxygen atoms in total. The molecule has 7 heteroatoms. The molecule has 0 bridgehead atoms. The van der Waals surface area contributed by atoms with Crippen molar-refractivity contribution in [3.8, 4) is 12.0 Å². The normalized spacial score (nSPS) is 16.9. The minimum atomic E-state index is 0.120. The third-order valence-corrected chi connectivity index (χ3v) is 3.53. The van der Waals surface area contributed by atoms with Crippen LogP contribution in [0.1, 0.15) is 38.5 Å². The molecule has 1 fully saturated rings. The number of nitrogens with zero attached hydrogens (tertiary/aromatic N) is 5. The summed E-state index contributed by atoms with van der Waals surface area (Å²) in [6, 6.07) is 2.08. The van der Waals surface area contributed by atoms with Gasteiger partial charge in [-0.25, -0.2) is 4.68 Å². The van der Waals surface area contributed by atoms with E-state index in [2.05, 4.69) is 20.1 Å². The van der Waals surface area contributed by atoms with Gasteiger partial charge in [-0.1, -0.05) is 12.8 Å². The molecule has 2 aromatic heterocycles. The van der Waals surface area contributed by atoms with Crippen molar-refractivity contribution in [3.05, 3.63) is 23.7 Å². The molecule has 0 aliphatic heterocycles. The van der Waals surface area contributed by atoms with E-state index in [1.165, 1.54) is 30.4 Å². The third kappa shape index (κ3) is 3.25. The predicted octanol–water partition coefficient (Wildman–Crippen LogP) is 2.81. The lowest BCUT2D eigenvalue weighted by Gasteiger charge is -2.15. The predicted molar refractivity (Wildman–Crippen MR) is 74.1 cm³/mol. The van der Waals surface area contributed by atoms with Gasteiger partial charge in [-0.2, -0.15) is 20.1 Å². The quantitative estimate of drug-likeness (QED) is 0.814. The molecule has 0 amide bonds. The van der Waals surface area contributed by atoms with Gasteiger partial charge in [-0.3, -0.25) is 0 Å². The number of hydrogen-bond acceptors (Lipinski definition) is 5. The summed E-state index contributed by atoms with van der Waals surface area (Å²) in [6.07, 6.45) is 10.6. The second kappa shape index (κ2) is 6.17. The van der Waals surface area contributed by atoms with E-state index in [0.29, 0.717) is 5.95 Å². The Labute approximate surface area is 122 Å². The molecule has 3 rings (SSSR count). The minimum absolute atomic E-state index is 0.120. The van der Waals surface area contributed by atoms with Gasteiger partial charge in [0.05, 0.1) is 0 Å². The van der Waals surface area contributed by atoms with Gasteiger partial charge < -0.3 is 4.74 Å². The van der Waals surface area contributed by atoms with Crippen molar-refractivity contribution in [1.29, 1.82) is 0 Å². The van der Waals surface area contributed by atoms with Crippen LogP contribution in [0.3, 0.4) is 0 Å². The van der Waals surface area contributed by atoms with Crippen LogP contribution in [0.5, 0.6) is 6.01 Å². The number of aromatic nitrogens is 5. The average molecular weight is 294 g/mol. The van der Waals surface area contributed by atoms with E-state index in [0.717, 1.165) is 12.8 Å². The van der Waals surface area contributed by atoms with E-state index in [1.807, 2.05) is 0 Å². The number of hydrogen-bond donors (Lipinski definition) is 0. The topological polar surface area (TPSA) is 65.7 Å². The van der Waals surface area contributed by atoms with Crippen molar-refractivity contribution in [2.75, 3.05) is 0 Å². The van der Waals surface area contributed by atoms with Gasteiger partial charge in [0, 0.05) is 12.4 Å². The molecule has 2 heterocycles. The molecule has 106 valence electrons. The Morgan fingerprint density at radius 3 is 2.60 bits per heavy atom. The fourth-order valence-corrected chi connectivity index (χ4v) is 2.52. The van der Waals surface area contributed by atoms with Gasteiger partial charge in [0.15, 0.2) is 0 Å². The lowest BCUT2D eigenvalue weighted by molar-refractivity contribution is 0.167. The molecule has 20 heavy (non-hydrogen) atoms. The molecular formula is C13H16ClN5O. The summed E-state index contributed by atoms with van der Waals surface area (Å²) in [4.78, 5) is 12.4. The van der Waals surface area contributed by atoms with Crippen LogP contribution in [0.25, 0.3) is 5.95 Å². The van der Waals surface area contributed by atoms with Gasteiger partial charge in [0.25, 0.3) is 5.95 Å². The molecule has 0 spiro atoms. The van der Waals surface area contributed by atoms with Gasteiger partial charge in [0.2, 0.25) is 5.28 Å². The van der Waals surface area contributed by atoms with E-state index >= 15 is 0 Å². The lowest BCUT2D eigenvalue weighted by Crippen LogP contribution is -2.18. The molecular weight excluding hydrogens is 278 g/mol. The zero-order valence-electron chi connectivity index (χ0n) is 11.1. The van der Waals surface area contributed by atoms with Crippen molar-refractivity contribution in [3.63, 3.8) is 0 Å². The van der Waals surface area contributed by atoms with Crippen LogP contribution >= 0.6 is 11.6 Å². The first-order valence-electron chi connectivity index (χ1n) is 6.89. The summed E-state index contributed by atoms with van der Waals surface area (Å²) in [5.41, 5.74) is 0. The van der Waals surface area contributed by atoms with E-state index in [4.69, 9.17) is 16.3 Å². The highest BCUT2D eigenvalue weighted by Gasteiger charge is 2.16. The van der Waals surface area contributed by atoms with Crippen molar-refractivity contribution in [2.24, 2.45) is 0 Å². The Morgan fingerprint density at radius 2 is 1.90 bits per heavy atom. The van der Waals surface area contributed by atoms with Crippen molar-refractivity contribution < 1.29 is 4.74 Å². The Morgan fingerprint density at radius 1 is 1.10 bits per heavy atom. The zero-order chi connectivity index (χ0) is 13.8. The summed E-state index contributed by atoms with van der Waals surface area (Å²) < 4.78 is 7.40. The van der Waals surface area contributed by atoms with Gasteiger partial charge in [0.1, 0.15) is 6.10 Å². The third-order valence-electron chi connectivity index (χ3n) is 3.36. The first kappa shape index (κ1) is 13.3. The molecule has 0 saturated heterocycles. The molecule has 2 aromatic rings. The summed E-state index contributed by atoms with van der Waals surface area (Å²) in [5, 5.41) is 4.20. The summed E-state index contributed by atoms with van der Waals surface area (Å²) in [6.45, 7) is 0. The standard InChI is InChI=1S/C13H16ClN5O/c14-11-16-12(19-9-5-8-15-19)18-13(17-11)20-10-6-3-1-2-4-7-10/h5,8-10H,1-4,6-7H2. The Kier molecular flexibility index (Phi) is 4.11. The maximum atomic E-state index is 5.93. The van der Waals surface area contributed by atoms with Crippen LogP contribution in [0.4, 0.5) is 0 Å². The van der Waals surface area contributed by atoms with E-state index in [1.54, 1.807) is 18.5 Å². The highest BCUT2D eigenvalue weighted by molar-refractivity contribution is 6.28. The number of halogens is 1. The number of rotatable bonds is 3. The molecule has 1 aliphatic rings. The second-order valence-electron chi connectivity index (χ2n) is 4.87. The lowest BCUT2D eigenvalue weighted by atomic mass is 10.2. The minimum Gasteiger partial charge on any atom is -0.460 e. The number of ether oxygens (including phenoxy) is 1.